The first-order chi connectivity index (χ1) is 13.8. The van der Waals surface area contributed by atoms with E-state index in [0.29, 0.717) is 37.4 Å². The van der Waals surface area contributed by atoms with Crippen LogP contribution in [0.4, 0.5) is 5.69 Å². The summed E-state index contributed by atoms with van der Waals surface area (Å²) in [5.41, 5.74) is 0.882. The Hall–Kier alpha value is -2.44. The first-order valence-electron chi connectivity index (χ1n) is 9.18. The van der Waals surface area contributed by atoms with Crippen LogP contribution in [0.5, 0.6) is 0 Å². The molecule has 0 bridgehead atoms. The largest absolute Gasteiger partial charge is 0.322 e. The van der Waals surface area contributed by atoms with Crippen LogP contribution < -0.4 is 5.32 Å². The number of anilines is 1. The van der Waals surface area contributed by atoms with Gasteiger partial charge in [0.15, 0.2) is 0 Å². The maximum atomic E-state index is 13.0. The molecule has 1 N–H and O–H groups in total. The number of piperazine rings is 1. The molecule has 7 nitrogen and oxygen atoms in total. The maximum Gasteiger partial charge on any atom is 0.257 e. The highest BCUT2D eigenvalue weighted by Gasteiger charge is 2.29. The number of nitrogens with zero attached hydrogens (tertiary/aromatic N) is 3. The zero-order chi connectivity index (χ0) is 21.0. The lowest BCUT2D eigenvalue weighted by atomic mass is 10.2. The molecule has 0 unspecified atom stereocenters. The fourth-order valence-corrected chi connectivity index (χ4v) is 4.79. The Bertz CT molecular complexity index is 1060. The third-order valence-corrected chi connectivity index (χ3v) is 7.07. The molecule has 152 valence electrons. The quantitative estimate of drug-likeness (QED) is 0.784. The van der Waals surface area contributed by atoms with Crippen molar-refractivity contribution < 1.29 is 13.2 Å². The molecule has 3 rings (SSSR count). The number of carbonyl (C=O) groups is 1. The minimum absolute atomic E-state index is 0.0303. The molecule has 1 fully saturated rings. The van der Waals surface area contributed by atoms with Gasteiger partial charge in [0, 0.05) is 31.9 Å². The minimum atomic E-state index is -3.73. The molecule has 2 aromatic carbocycles. The van der Waals surface area contributed by atoms with Gasteiger partial charge in [0.25, 0.3) is 5.91 Å². The van der Waals surface area contributed by atoms with Crippen molar-refractivity contribution in [1.29, 1.82) is 5.26 Å². The number of amides is 1. The molecule has 0 aromatic heterocycles. The van der Waals surface area contributed by atoms with E-state index in [2.05, 4.69) is 10.2 Å². The van der Waals surface area contributed by atoms with Crippen molar-refractivity contribution in [2.24, 2.45) is 0 Å². The highest BCUT2D eigenvalue weighted by atomic mass is 35.5. The van der Waals surface area contributed by atoms with E-state index in [0.717, 1.165) is 6.54 Å². The SMILES string of the molecule is CCN1CCN(S(=O)(=O)c2ccc(Cl)c(C(=O)Nc3cccc(C#N)c3)c2)CC1. The average molecular weight is 433 g/mol. The predicted octanol–water partition coefficient (Wildman–Crippen LogP) is 2.79. The Morgan fingerprint density at radius 3 is 2.55 bits per heavy atom. The number of hydrogen-bond acceptors (Lipinski definition) is 5. The Kier molecular flexibility index (Phi) is 6.55. The van der Waals surface area contributed by atoms with Crippen molar-refractivity contribution in [3.8, 4) is 6.07 Å². The topological polar surface area (TPSA) is 93.5 Å². The van der Waals surface area contributed by atoms with Crippen LogP contribution in [0.15, 0.2) is 47.4 Å². The van der Waals surface area contributed by atoms with Crippen LogP contribution in [0.1, 0.15) is 22.8 Å². The van der Waals surface area contributed by atoms with Crippen LogP contribution in [-0.4, -0.2) is 56.3 Å². The predicted molar refractivity (Wildman–Crippen MR) is 111 cm³/mol. The van der Waals surface area contributed by atoms with E-state index < -0.39 is 15.9 Å². The maximum absolute atomic E-state index is 13.0. The monoisotopic (exact) mass is 432 g/mol. The Labute approximate surface area is 175 Å². The first kappa shape index (κ1) is 21.3. The number of sulfonamides is 1. The molecule has 1 aliphatic heterocycles. The van der Waals surface area contributed by atoms with E-state index in [-0.39, 0.29) is 15.5 Å². The second kappa shape index (κ2) is 8.93. The molecule has 9 heteroatoms. The zero-order valence-corrected chi connectivity index (χ0v) is 17.5. The summed E-state index contributed by atoms with van der Waals surface area (Å²) < 4.78 is 27.4. The number of benzene rings is 2. The van der Waals surface area contributed by atoms with Crippen LogP contribution in [0.3, 0.4) is 0 Å². The molecule has 0 radical (unpaired) electrons. The molecule has 0 spiro atoms. The van der Waals surface area contributed by atoms with Crippen molar-refractivity contribution in [2.75, 3.05) is 38.0 Å². The van der Waals surface area contributed by atoms with Gasteiger partial charge in [0.1, 0.15) is 0 Å². The molecule has 1 amide bonds. The second-order valence-corrected chi connectivity index (χ2v) is 8.97. The second-order valence-electron chi connectivity index (χ2n) is 6.63. The lowest BCUT2D eigenvalue weighted by molar-refractivity contribution is 0.102. The normalized spacial score (nSPS) is 15.6. The van der Waals surface area contributed by atoms with Gasteiger partial charge >= 0.3 is 0 Å². The van der Waals surface area contributed by atoms with E-state index in [1.54, 1.807) is 18.2 Å². The number of rotatable bonds is 5. The summed E-state index contributed by atoms with van der Waals surface area (Å²) in [5.74, 6) is -0.544. The standard InChI is InChI=1S/C20H21ClN4O3S/c1-2-24-8-10-25(11-9-24)29(27,28)17-6-7-19(21)18(13-17)20(26)23-16-5-3-4-15(12-16)14-22/h3-7,12-13H,2,8-11H2,1H3,(H,23,26). The number of hydrogen-bond donors (Lipinski definition) is 1. The van der Waals surface area contributed by atoms with E-state index in [9.17, 15) is 13.2 Å². The highest BCUT2D eigenvalue weighted by Crippen LogP contribution is 2.25. The van der Waals surface area contributed by atoms with Gasteiger partial charge in [-0.3, -0.25) is 4.79 Å². The van der Waals surface area contributed by atoms with Crippen molar-refractivity contribution in [2.45, 2.75) is 11.8 Å². The smallest absolute Gasteiger partial charge is 0.257 e. The zero-order valence-electron chi connectivity index (χ0n) is 15.9. The van der Waals surface area contributed by atoms with Crippen molar-refractivity contribution >= 4 is 33.2 Å². The Morgan fingerprint density at radius 2 is 1.90 bits per heavy atom. The number of halogens is 1. The third kappa shape index (κ3) is 4.77. The molecule has 0 atom stereocenters. The molecule has 0 saturated carbocycles. The molecule has 1 aliphatic rings. The first-order valence-corrected chi connectivity index (χ1v) is 11.0. The summed E-state index contributed by atoms with van der Waals surface area (Å²) in [5, 5.41) is 11.8. The molecule has 29 heavy (non-hydrogen) atoms. The molecule has 0 aliphatic carbocycles. The number of carbonyl (C=O) groups excluding carboxylic acids is 1. The molecule has 1 heterocycles. The van der Waals surface area contributed by atoms with E-state index in [4.69, 9.17) is 16.9 Å². The summed E-state index contributed by atoms with van der Waals surface area (Å²) in [7, 11) is -3.73. The summed E-state index contributed by atoms with van der Waals surface area (Å²) in [6.07, 6.45) is 0. The van der Waals surface area contributed by atoms with Gasteiger partial charge < -0.3 is 10.2 Å². The summed E-state index contributed by atoms with van der Waals surface area (Å²) in [6.45, 7) is 5.08. The molecule has 1 saturated heterocycles. The molecular weight excluding hydrogens is 412 g/mol. The third-order valence-electron chi connectivity index (χ3n) is 4.85. The Morgan fingerprint density at radius 1 is 1.17 bits per heavy atom. The van der Waals surface area contributed by atoms with Crippen LogP contribution >= 0.6 is 11.6 Å². The fourth-order valence-electron chi connectivity index (χ4n) is 3.14. The van der Waals surface area contributed by atoms with Gasteiger partial charge in [-0.1, -0.05) is 24.6 Å². The summed E-state index contributed by atoms with van der Waals surface area (Å²) >= 11 is 6.16. The van der Waals surface area contributed by atoms with Gasteiger partial charge in [0.05, 0.1) is 27.1 Å². The highest BCUT2D eigenvalue weighted by molar-refractivity contribution is 7.89. The van der Waals surface area contributed by atoms with Crippen LogP contribution in [-0.2, 0) is 10.0 Å². The van der Waals surface area contributed by atoms with Gasteiger partial charge in [-0.25, -0.2) is 8.42 Å². The molecular formula is C20H21ClN4O3S. The average Bonchev–Trinajstić information content (AvgIpc) is 2.74. The number of nitrogens with one attached hydrogen (secondary N) is 1. The number of likely N-dealkylation sites (N-methyl/N-ethyl adjacent to an activating group) is 1. The van der Waals surface area contributed by atoms with Gasteiger partial charge in [-0.15, -0.1) is 0 Å². The van der Waals surface area contributed by atoms with Crippen LogP contribution in [0.25, 0.3) is 0 Å². The van der Waals surface area contributed by atoms with Crippen molar-refractivity contribution in [1.82, 2.24) is 9.21 Å². The minimum Gasteiger partial charge on any atom is -0.322 e. The van der Waals surface area contributed by atoms with E-state index >= 15 is 0 Å². The van der Waals surface area contributed by atoms with E-state index in [1.807, 2.05) is 13.0 Å². The lowest BCUT2D eigenvalue weighted by Gasteiger charge is -2.33. The van der Waals surface area contributed by atoms with Gasteiger partial charge in [-0.05, 0) is 42.9 Å². The number of nitriles is 1. The summed E-state index contributed by atoms with van der Waals surface area (Å²) in [6, 6.07) is 12.6. The van der Waals surface area contributed by atoms with Crippen LogP contribution in [0.2, 0.25) is 5.02 Å². The van der Waals surface area contributed by atoms with Gasteiger partial charge in [-0.2, -0.15) is 9.57 Å². The lowest BCUT2D eigenvalue weighted by Crippen LogP contribution is -2.48. The Balaban J connectivity index is 1.84. The van der Waals surface area contributed by atoms with Gasteiger partial charge in [0.2, 0.25) is 10.0 Å². The van der Waals surface area contributed by atoms with Crippen molar-refractivity contribution in [3.63, 3.8) is 0 Å². The van der Waals surface area contributed by atoms with Crippen LogP contribution in [0, 0.1) is 11.3 Å². The molecule has 2 aromatic rings. The van der Waals surface area contributed by atoms with E-state index in [1.165, 1.54) is 28.6 Å². The van der Waals surface area contributed by atoms with Crippen molar-refractivity contribution in [3.05, 3.63) is 58.6 Å². The fraction of sp³-hybridized carbons (Fsp3) is 0.300. The summed E-state index contributed by atoms with van der Waals surface area (Å²) in [4.78, 5) is 14.9.